The van der Waals surface area contributed by atoms with Gasteiger partial charge in [-0.3, -0.25) is 0 Å². The summed E-state index contributed by atoms with van der Waals surface area (Å²) >= 11 is 0. The summed E-state index contributed by atoms with van der Waals surface area (Å²) in [5, 5.41) is 3.48. The van der Waals surface area contributed by atoms with Crippen LogP contribution < -0.4 is 5.32 Å². The molecule has 1 aliphatic rings. The predicted molar refractivity (Wildman–Crippen MR) is 64.2 cm³/mol. The number of rotatable bonds is 7. The summed E-state index contributed by atoms with van der Waals surface area (Å²) in [6, 6.07) is 0. The number of hydrogen-bond donors (Lipinski definition) is 1. The van der Waals surface area contributed by atoms with Gasteiger partial charge in [0.15, 0.2) is 0 Å². The van der Waals surface area contributed by atoms with Gasteiger partial charge in [-0.15, -0.1) is 0 Å². The Labute approximate surface area is 94.2 Å². The standard InChI is InChI=1S/C12H26N2O/c1-3-14(8-5-9-15-2)11-12-6-4-7-13-10-12/h12-13H,3-11H2,1-2H3. The lowest BCUT2D eigenvalue weighted by Gasteiger charge is -2.29. The lowest BCUT2D eigenvalue weighted by atomic mass is 9.99. The van der Waals surface area contributed by atoms with Crippen LogP contribution in [0.2, 0.25) is 0 Å². The van der Waals surface area contributed by atoms with E-state index in [1.165, 1.54) is 45.6 Å². The molecule has 0 aromatic carbocycles. The molecule has 0 bridgehead atoms. The van der Waals surface area contributed by atoms with Crippen LogP contribution in [0, 0.1) is 5.92 Å². The molecule has 3 heteroatoms. The van der Waals surface area contributed by atoms with Crippen LogP contribution in [0.4, 0.5) is 0 Å². The fourth-order valence-electron chi connectivity index (χ4n) is 2.26. The third-order valence-corrected chi connectivity index (χ3v) is 3.19. The van der Waals surface area contributed by atoms with Crippen LogP contribution >= 0.6 is 0 Å². The summed E-state index contributed by atoms with van der Waals surface area (Å²) in [5.41, 5.74) is 0. The molecule has 0 spiro atoms. The van der Waals surface area contributed by atoms with E-state index in [4.69, 9.17) is 4.74 Å². The van der Waals surface area contributed by atoms with Crippen LogP contribution in [0.5, 0.6) is 0 Å². The molecule has 0 radical (unpaired) electrons. The summed E-state index contributed by atoms with van der Waals surface area (Å²) in [6.07, 6.45) is 3.90. The monoisotopic (exact) mass is 214 g/mol. The van der Waals surface area contributed by atoms with Crippen LogP contribution in [-0.4, -0.2) is 51.3 Å². The van der Waals surface area contributed by atoms with Gasteiger partial charge in [-0.2, -0.15) is 0 Å². The minimum Gasteiger partial charge on any atom is -0.385 e. The van der Waals surface area contributed by atoms with E-state index in [1.54, 1.807) is 7.11 Å². The Kier molecular flexibility index (Phi) is 6.98. The second-order valence-corrected chi connectivity index (χ2v) is 4.45. The first-order valence-corrected chi connectivity index (χ1v) is 6.28. The summed E-state index contributed by atoms with van der Waals surface area (Å²) < 4.78 is 5.09. The highest BCUT2D eigenvalue weighted by atomic mass is 16.5. The zero-order valence-electron chi connectivity index (χ0n) is 10.3. The molecule has 1 aliphatic heterocycles. The van der Waals surface area contributed by atoms with Gasteiger partial charge in [0.2, 0.25) is 0 Å². The number of hydrogen-bond acceptors (Lipinski definition) is 3. The van der Waals surface area contributed by atoms with E-state index in [2.05, 4.69) is 17.1 Å². The van der Waals surface area contributed by atoms with Crippen LogP contribution in [-0.2, 0) is 4.74 Å². The summed E-state index contributed by atoms with van der Waals surface area (Å²) in [7, 11) is 1.78. The van der Waals surface area contributed by atoms with Crippen molar-refractivity contribution in [1.82, 2.24) is 10.2 Å². The topological polar surface area (TPSA) is 24.5 Å². The first-order valence-electron chi connectivity index (χ1n) is 6.28. The highest BCUT2D eigenvalue weighted by Crippen LogP contribution is 2.11. The van der Waals surface area contributed by atoms with E-state index in [9.17, 15) is 0 Å². The van der Waals surface area contributed by atoms with Crippen molar-refractivity contribution in [2.75, 3.05) is 46.4 Å². The Bertz CT molecular complexity index is 147. The maximum Gasteiger partial charge on any atom is 0.0474 e. The molecule has 1 rings (SSSR count). The van der Waals surface area contributed by atoms with E-state index in [0.29, 0.717) is 0 Å². The predicted octanol–water partition coefficient (Wildman–Crippen LogP) is 1.34. The molecule has 0 saturated carbocycles. The molecule has 90 valence electrons. The molecule has 0 aliphatic carbocycles. The van der Waals surface area contributed by atoms with Crippen molar-refractivity contribution in [3.8, 4) is 0 Å². The quantitative estimate of drug-likeness (QED) is 0.647. The van der Waals surface area contributed by atoms with Crippen molar-refractivity contribution in [3.63, 3.8) is 0 Å². The van der Waals surface area contributed by atoms with Crippen molar-refractivity contribution in [2.24, 2.45) is 5.92 Å². The zero-order chi connectivity index (χ0) is 10.9. The smallest absolute Gasteiger partial charge is 0.0474 e. The largest absolute Gasteiger partial charge is 0.385 e. The highest BCUT2D eigenvalue weighted by molar-refractivity contribution is 4.72. The second-order valence-electron chi connectivity index (χ2n) is 4.45. The van der Waals surface area contributed by atoms with Gasteiger partial charge in [0.1, 0.15) is 0 Å². The Morgan fingerprint density at radius 1 is 1.47 bits per heavy atom. The molecule has 1 fully saturated rings. The minimum absolute atomic E-state index is 0.862. The molecule has 1 N–H and O–H groups in total. The summed E-state index contributed by atoms with van der Waals surface area (Å²) in [5.74, 6) is 0.862. The van der Waals surface area contributed by atoms with Gasteiger partial charge in [0.05, 0.1) is 0 Å². The zero-order valence-corrected chi connectivity index (χ0v) is 10.3. The van der Waals surface area contributed by atoms with Gasteiger partial charge in [0, 0.05) is 26.8 Å². The van der Waals surface area contributed by atoms with Gasteiger partial charge < -0.3 is 15.0 Å². The lowest BCUT2D eigenvalue weighted by Crippen LogP contribution is -2.38. The van der Waals surface area contributed by atoms with Crippen molar-refractivity contribution in [3.05, 3.63) is 0 Å². The molecule has 15 heavy (non-hydrogen) atoms. The third kappa shape index (κ3) is 5.50. The van der Waals surface area contributed by atoms with E-state index in [0.717, 1.165) is 18.9 Å². The molecule has 0 aromatic heterocycles. The average molecular weight is 214 g/mol. The first-order chi connectivity index (χ1) is 7.36. The fraction of sp³-hybridized carbons (Fsp3) is 1.00. The van der Waals surface area contributed by atoms with Gasteiger partial charge in [-0.25, -0.2) is 0 Å². The molecule has 0 amide bonds. The Morgan fingerprint density at radius 3 is 2.93 bits per heavy atom. The molecule has 1 saturated heterocycles. The normalized spacial score (nSPS) is 22.2. The summed E-state index contributed by atoms with van der Waals surface area (Å²) in [6.45, 7) is 9.17. The van der Waals surface area contributed by atoms with E-state index in [-0.39, 0.29) is 0 Å². The third-order valence-electron chi connectivity index (χ3n) is 3.19. The Morgan fingerprint density at radius 2 is 2.33 bits per heavy atom. The summed E-state index contributed by atoms with van der Waals surface area (Å²) in [4.78, 5) is 2.55. The van der Waals surface area contributed by atoms with Crippen molar-refractivity contribution < 1.29 is 4.74 Å². The lowest BCUT2D eigenvalue weighted by molar-refractivity contribution is 0.161. The second kappa shape index (κ2) is 8.08. The maximum atomic E-state index is 5.09. The van der Waals surface area contributed by atoms with Crippen LogP contribution in [0.15, 0.2) is 0 Å². The van der Waals surface area contributed by atoms with E-state index in [1.807, 2.05) is 0 Å². The number of piperidine rings is 1. The van der Waals surface area contributed by atoms with E-state index >= 15 is 0 Å². The van der Waals surface area contributed by atoms with E-state index < -0.39 is 0 Å². The molecule has 1 atom stereocenters. The molecular weight excluding hydrogens is 188 g/mol. The van der Waals surface area contributed by atoms with Gasteiger partial charge in [-0.05, 0) is 44.8 Å². The molecule has 3 nitrogen and oxygen atoms in total. The average Bonchev–Trinajstić information content (AvgIpc) is 2.29. The van der Waals surface area contributed by atoms with Crippen LogP contribution in [0.3, 0.4) is 0 Å². The number of ether oxygens (including phenoxy) is 1. The van der Waals surface area contributed by atoms with Crippen molar-refractivity contribution in [2.45, 2.75) is 26.2 Å². The highest BCUT2D eigenvalue weighted by Gasteiger charge is 2.15. The Hall–Kier alpha value is -0.120. The minimum atomic E-state index is 0.862. The SMILES string of the molecule is CCN(CCCOC)CC1CCCNC1. The van der Waals surface area contributed by atoms with Gasteiger partial charge in [0.25, 0.3) is 0 Å². The van der Waals surface area contributed by atoms with Crippen molar-refractivity contribution >= 4 is 0 Å². The van der Waals surface area contributed by atoms with Gasteiger partial charge in [-0.1, -0.05) is 6.92 Å². The van der Waals surface area contributed by atoms with Crippen LogP contribution in [0.25, 0.3) is 0 Å². The Balaban J connectivity index is 2.13. The molecule has 1 unspecified atom stereocenters. The van der Waals surface area contributed by atoms with Crippen molar-refractivity contribution in [1.29, 1.82) is 0 Å². The number of nitrogens with zero attached hydrogens (tertiary/aromatic N) is 1. The van der Waals surface area contributed by atoms with Crippen LogP contribution in [0.1, 0.15) is 26.2 Å². The molecular formula is C12H26N2O. The first kappa shape index (κ1) is 12.9. The molecule has 1 heterocycles. The maximum absolute atomic E-state index is 5.09. The number of nitrogens with one attached hydrogen (secondary N) is 1. The van der Waals surface area contributed by atoms with Gasteiger partial charge >= 0.3 is 0 Å². The molecule has 0 aromatic rings. The fourth-order valence-corrected chi connectivity index (χ4v) is 2.26. The number of methoxy groups -OCH3 is 1.